The van der Waals surface area contributed by atoms with Gasteiger partial charge in [-0.1, -0.05) is 12.1 Å². The molecule has 0 aliphatic carbocycles. The van der Waals surface area contributed by atoms with Gasteiger partial charge in [0.2, 0.25) is 0 Å². The molecular formula is C24H21N3O4. The molecule has 0 radical (unpaired) electrons. The number of nitriles is 1. The second kappa shape index (κ2) is 10.5. The predicted octanol–water partition coefficient (Wildman–Crippen LogP) is 3.92. The standard InChI is InChI=1S/C24H21N3O4/c1-29-22-11-20(12-23(13-22)30-2)24(28)27-26-15-18-7-9-21(10-8-18)31-16-19-5-3-17(14-25)4-6-19/h3-13,15H,16H2,1-2H3,(H,27,28)/b26-15-. The Morgan fingerprint density at radius 2 is 1.61 bits per heavy atom. The summed E-state index contributed by atoms with van der Waals surface area (Å²) in [7, 11) is 3.04. The van der Waals surface area contributed by atoms with Crippen LogP contribution in [0.5, 0.6) is 17.2 Å². The van der Waals surface area contributed by atoms with E-state index < -0.39 is 0 Å². The van der Waals surface area contributed by atoms with E-state index in [1.54, 1.807) is 36.5 Å². The molecule has 0 atom stereocenters. The van der Waals surface area contributed by atoms with Gasteiger partial charge in [0.05, 0.1) is 32.1 Å². The van der Waals surface area contributed by atoms with E-state index in [1.165, 1.54) is 14.2 Å². The van der Waals surface area contributed by atoms with Gasteiger partial charge in [0, 0.05) is 11.6 Å². The molecule has 0 aromatic heterocycles. The molecule has 1 amide bonds. The summed E-state index contributed by atoms with van der Waals surface area (Å²) >= 11 is 0. The fourth-order valence-corrected chi connectivity index (χ4v) is 2.66. The van der Waals surface area contributed by atoms with Gasteiger partial charge >= 0.3 is 0 Å². The Balaban J connectivity index is 1.54. The van der Waals surface area contributed by atoms with Gasteiger partial charge in [-0.2, -0.15) is 10.4 Å². The highest BCUT2D eigenvalue weighted by atomic mass is 16.5. The minimum atomic E-state index is -0.379. The number of carbonyl (C=O) groups is 1. The van der Waals surface area contributed by atoms with Crippen LogP contribution in [0.15, 0.2) is 71.8 Å². The molecule has 31 heavy (non-hydrogen) atoms. The highest BCUT2D eigenvalue weighted by molar-refractivity contribution is 5.95. The van der Waals surface area contributed by atoms with Crippen LogP contribution >= 0.6 is 0 Å². The summed E-state index contributed by atoms with van der Waals surface area (Å²) in [4.78, 5) is 12.3. The summed E-state index contributed by atoms with van der Waals surface area (Å²) in [6.45, 7) is 0.402. The maximum Gasteiger partial charge on any atom is 0.271 e. The van der Waals surface area contributed by atoms with E-state index in [0.717, 1.165) is 11.1 Å². The van der Waals surface area contributed by atoms with Gasteiger partial charge in [-0.15, -0.1) is 0 Å². The summed E-state index contributed by atoms with van der Waals surface area (Å²) < 4.78 is 16.1. The van der Waals surface area contributed by atoms with Gasteiger partial charge in [0.25, 0.3) is 5.91 Å². The number of ether oxygens (including phenoxy) is 3. The summed E-state index contributed by atoms with van der Waals surface area (Å²) in [6.07, 6.45) is 1.54. The lowest BCUT2D eigenvalue weighted by atomic mass is 10.1. The first kappa shape index (κ1) is 21.4. The third-order valence-electron chi connectivity index (χ3n) is 4.36. The number of nitrogens with zero attached hydrogens (tertiary/aromatic N) is 2. The molecule has 0 fully saturated rings. The molecule has 1 N–H and O–H groups in total. The molecule has 3 aromatic rings. The minimum Gasteiger partial charge on any atom is -0.497 e. The molecule has 0 heterocycles. The molecule has 0 unspecified atom stereocenters. The number of methoxy groups -OCH3 is 2. The summed E-state index contributed by atoms with van der Waals surface area (Å²) in [6, 6.07) is 21.5. The van der Waals surface area contributed by atoms with Gasteiger partial charge < -0.3 is 14.2 Å². The first-order valence-electron chi connectivity index (χ1n) is 9.39. The van der Waals surface area contributed by atoms with Crippen LogP contribution < -0.4 is 19.6 Å². The van der Waals surface area contributed by atoms with E-state index in [9.17, 15) is 4.79 Å². The number of rotatable bonds is 8. The second-order valence-corrected chi connectivity index (χ2v) is 6.47. The zero-order valence-electron chi connectivity index (χ0n) is 17.2. The van der Waals surface area contributed by atoms with Crippen molar-refractivity contribution in [1.29, 1.82) is 5.26 Å². The largest absolute Gasteiger partial charge is 0.497 e. The Morgan fingerprint density at radius 3 is 2.19 bits per heavy atom. The first-order chi connectivity index (χ1) is 15.1. The molecule has 0 aliphatic rings. The monoisotopic (exact) mass is 415 g/mol. The average Bonchev–Trinajstić information content (AvgIpc) is 2.83. The molecule has 3 aromatic carbocycles. The Morgan fingerprint density at radius 1 is 0.968 bits per heavy atom. The van der Waals surface area contributed by atoms with Crippen LogP contribution in [0, 0.1) is 11.3 Å². The number of hydrogen-bond donors (Lipinski definition) is 1. The van der Waals surface area contributed by atoms with E-state index >= 15 is 0 Å². The SMILES string of the molecule is COc1cc(OC)cc(C(=O)N/N=C\c2ccc(OCc3ccc(C#N)cc3)cc2)c1. The van der Waals surface area contributed by atoms with Crippen molar-refractivity contribution in [2.24, 2.45) is 5.10 Å². The number of nitrogens with one attached hydrogen (secondary N) is 1. The third kappa shape index (κ3) is 6.08. The number of amides is 1. The van der Waals surface area contributed by atoms with Crippen molar-refractivity contribution in [3.05, 3.63) is 89.0 Å². The van der Waals surface area contributed by atoms with Crippen LogP contribution in [0.3, 0.4) is 0 Å². The number of benzene rings is 3. The molecule has 0 saturated heterocycles. The summed E-state index contributed by atoms with van der Waals surface area (Å²) in [5.41, 5.74) is 5.25. The van der Waals surface area contributed by atoms with Crippen molar-refractivity contribution >= 4 is 12.1 Å². The Bertz CT molecular complexity index is 1080. The van der Waals surface area contributed by atoms with E-state index in [4.69, 9.17) is 19.5 Å². The van der Waals surface area contributed by atoms with Crippen molar-refractivity contribution in [2.75, 3.05) is 14.2 Å². The van der Waals surface area contributed by atoms with E-state index in [-0.39, 0.29) is 5.91 Å². The summed E-state index contributed by atoms with van der Waals surface area (Å²) in [5.74, 6) is 1.36. The molecule has 7 heteroatoms. The lowest BCUT2D eigenvalue weighted by molar-refractivity contribution is 0.0954. The van der Waals surface area contributed by atoms with Gasteiger partial charge in [-0.3, -0.25) is 4.79 Å². The van der Waals surface area contributed by atoms with Gasteiger partial charge in [-0.25, -0.2) is 5.43 Å². The Kier molecular flexibility index (Phi) is 7.22. The quantitative estimate of drug-likeness (QED) is 0.445. The smallest absolute Gasteiger partial charge is 0.271 e. The third-order valence-corrected chi connectivity index (χ3v) is 4.36. The van der Waals surface area contributed by atoms with Gasteiger partial charge in [0.1, 0.15) is 23.9 Å². The van der Waals surface area contributed by atoms with Crippen molar-refractivity contribution < 1.29 is 19.0 Å². The molecular weight excluding hydrogens is 394 g/mol. The van der Waals surface area contributed by atoms with Crippen molar-refractivity contribution in [3.8, 4) is 23.3 Å². The zero-order valence-corrected chi connectivity index (χ0v) is 17.2. The average molecular weight is 415 g/mol. The zero-order chi connectivity index (χ0) is 22.1. The number of carbonyl (C=O) groups excluding carboxylic acids is 1. The Labute approximate surface area is 180 Å². The maximum absolute atomic E-state index is 12.3. The van der Waals surface area contributed by atoms with E-state index in [1.807, 2.05) is 36.4 Å². The van der Waals surface area contributed by atoms with Crippen molar-refractivity contribution in [1.82, 2.24) is 5.43 Å². The molecule has 156 valence electrons. The van der Waals surface area contributed by atoms with Crippen LogP contribution in [-0.2, 0) is 6.61 Å². The summed E-state index contributed by atoms with van der Waals surface area (Å²) in [5, 5.41) is 12.8. The van der Waals surface area contributed by atoms with Crippen LogP contribution in [-0.4, -0.2) is 26.3 Å². The fraction of sp³-hybridized carbons (Fsp3) is 0.125. The number of hydrazone groups is 1. The van der Waals surface area contributed by atoms with E-state index in [0.29, 0.717) is 35.0 Å². The van der Waals surface area contributed by atoms with E-state index in [2.05, 4.69) is 16.6 Å². The number of hydrogen-bond acceptors (Lipinski definition) is 6. The fourth-order valence-electron chi connectivity index (χ4n) is 2.66. The highest BCUT2D eigenvalue weighted by Gasteiger charge is 2.09. The molecule has 3 rings (SSSR count). The van der Waals surface area contributed by atoms with Crippen LogP contribution in [0.25, 0.3) is 0 Å². The minimum absolute atomic E-state index is 0.375. The lowest BCUT2D eigenvalue weighted by Gasteiger charge is -2.07. The van der Waals surface area contributed by atoms with Gasteiger partial charge in [-0.05, 0) is 59.7 Å². The topological polar surface area (TPSA) is 92.9 Å². The van der Waals surface area contributed by atoms with Crippen LogP contribution in [0.4, 0.5) is 0 Å². The van der Waals surface area contributed by atoms with Crippen molar-refractivity contribution in [2.45, 2.75) is 6.61 Å². The molecule has 0 saturated carbocycles. The molecule has 0 spiro atoms. The lowest BCUT2D eigenvalue weighted by Crippen LogP contribution is -2.17. The highest BCUT2D eigenvalue weighted by Crippen LogP contribution is 2.22. The predicted molar refractivity (Wildman–Crippen MR) is 117 cm³/mol. The molecule has 0 bridgehead atoms. The second-order valence-electron chi connectivity index (χ2n) is 6.47. The van der Waals surface area contributed by atoms with Crippen LogP contribution in [0.2, 0.25) is 0 Å². The van der Waals surface area contributed by atoms with Crippen LogP contribution in [0.1, 0.15) is 27.0 Å². The first-order valence-corrected chi connectivity index (χ1v) is 9.39. The van der Waals surface area contributed by atoms with Crippen molar-refractivity contribution in [3.63, 3.8) is 0 Å². The molecule has 0 aliphatic heterocycles. The maximum atomic E-state index is 12.3. The van der Waals surface area contributed by atoms with Gasteiger partial charge in [0.15, 0.2) is 0 Å². The molecule has 7 nitrogen and oxygen atoms in total. The Hall–Kier alpha value is -4.31. The normalized spacial score (nSPS) is 10.4.